The molecule has 0 saturated carbocycles. The second-order valence-corrected chi connectivity index (χ2v) is 4.27. The first-order chi connectivity index (χ1) is 9.51. The van der Waals surface area contributed by atoms with Crippen LogP contribution >= 0.6 is 0 Å². The van der Waals surface area contributed by atoms with Crippen LogP contribution < -0.4 is 0 Å². The van der Waals surface area contributed by atoms with Crippen molar-refractivity contribution in [2.45, 2.75) is 20.4 Å². The summed E-state index contributed by atoms with van der Waals surface area (Å²) in [6.07, 6.45) is 1.54. The van der Waals surface area contributed by atoms with Crippen LogP contribution in [0, 0.1) is 18.6 Å². The first kappa shape index (κ1) is 14.2. The molecule has 20 heavy (non-hydrogen) atoms. The molecule has 2 rings (SSSR count). The summed E-state index contributed by atoms with van der Waals surface area (Å²) in [5, 5.41) is 0. The van der Waals surface area contributed by atoms with Crippen LogP contribution in [0.3, 0.4) is 0 Å². The van der Waals surface area contributed by atoms with Gasteiger partial charge < -0.3 is 9.30 Å². The molecule has 0 aliphatic heterocycles. The fraction of sp³-hybridized carbons (Fsp3) is 0.286. The summed E-state index contributed by atoms with van der Waals surface area (Å²) in [7, 11) is 0. The molecule has 1 heterocycles. The summed E-state index contributed by atoms with van der Waals surface area (Å²) in [6.45, 7) is 4.01. The minimum atomic E-state index is -0.897. The summed E-state index contributed by atoms with van der Waals surface area (Å²) < 4.78 is 32.5. The van der Waals surface area contributed by atoms with Crippen LogP contribution in [-0.4, -0.2) is 22.1 Å². The number of hydrogen-bond acceptors (Lipinski definition) is 3. The van der Waals surface area contributed by atoms with Gasteiger partial charge in [0.1, 0.15) is 5.82 Å². The quantitative estimate of drug-likeness (QED) is 0.809. The summed E-state index contributed by atoms with van der Waals surface area (Å²) in [5.74, 6) is -1.69. The van der Waals surface area contributed by atoms with E-state index in [0.29, 0.717) is 17.9 Å². The number of benzene rings is 1. The monoisotopic (exact) mass is 280 g/mol. The van der Waals surface area contributed by atoms with Gasteiger partial charge in [0, 0.05) is 12.7 Å². The fourth-order valence-corrected chi connectivity index (χ4v) is 1.81. The van der Waals surface area contributed by atoms with E-state index in [1.165, 1.54) is 12.3 Å². The van der Waals surface area contributed by atoms with Gasteiger partial charge in [-0.2, -0.15) is 0 Å². The Morgan fingerprint density at radius 1 is 1.35 bits per heavy atom. The lowest BCUT2D eigenvalue weighted by Gasteiger charge is -2.05. The van der Waals surface area contributed by atoms with Crippen LogP contribution in [-0.2, 0) is 11.3 Å². The third kappa shape index (κ3) is 3.01. The molecule has 0 spiro atoms. The second kappa shape index (κ2) is 5.81. The highest BCUT2D eigenvalue weighted by Gasteiger charge is 2.13. The standard InChI is InChI=1S/C14H14F2N2O2/c1-3-20-14(19)13-8-18(9(2)17-13)7-10-4-5-11(15)12(16)6-10/h4-6,8H,3,7H2,1-2H3. The summed E-state index contributed by atoms with van der Waals surface area (Å²) in [4.78, 5) is 15.6. The molecule has 0 atom stereocenters. The first-order valence-electron chi connectivity index (χ1n) is 6.16. The Balaban J connectivity index is 2.21. The molecule has 0 aliphatic rings. The van der Waals surface area contributed by atoms with E-state index < -0.39 is 17.6 Å². The SMILES string of the molecule is CCOC(=O)c1cn(Cc2ccc(F)c(F)c2)c(C)n1. The van der Waals surface area contributed by atoms with Crippen LogP contribution in [0.2, 0.25) is 0 Å². The normalized spacial score (nSPS) is 10.6. The number of carbonyl (C=O) groups excluding carboxylic acids is 1. The topological polar surface area (TPSA) is 44.1 Å². The minimum absolute atomic E-state index is 0.201. The van der Waals surface area contributed by atoms with Gasteiger partial charge in [0.15, 0.2) is 17.3 Å². The average molecular weight is 280 g/mol. The van der Waals surface area contributed by atoms with Crippen molar-refractivity contribution < 1.29 is 18.3 Å². The van der Waals surface area contributed by atoms with Gasteiger partial charge >= 0.3 is 5.97 Å². The molecule has 0 radical (unpaired) electrons. The molecule has 0 saturated heterocycles. The number of rotatable bonds is 4. The Labute approximate surface area is 115 Å². The third-order valence-electron chi connectivity index (χ3n) is 2.80. The van der Waals surface area contributed by atoms with E-state index in [0.717, 1.165) is 12.1 Å². The average Bonchev–Trinajstić information content (AvgIpc) is 2.76. The van der Waals surface area contributed by atoms with Gasteiger partial charge in [-0.15, -0.1) is 0 Å². The number of nitrogens with zero attached hydrogens (tertiary/aromatic N) is 2. The number of carbonyl (C=O) groups is 1. The maximum Gasteiger partial charge on any atom is 0.358 e. The van der Waals surface area contributed by atoms with E-state index >= 15 is 0 Å². The summed E-state index contributed by atoms with van der Waals surface area (Å²) in [6, 6.07) is 3.68. The van der Waals surface area contributed by atoms with Gasteiger partial charge in [-0.3, -0.25) is 0 Å². The Hall–Kier alpha value is -2.24. The minimum Gasteiger partial charge on any atom is -0.461 e. The molecular formula is C14H14F2N2O2. The zero-order valence-corrected chi connectivity index (χ0v) is 11.2. The highest BCUT2D eigenvalue weighted by atomic mass is 19.2. The molecule has 1 aromatic heterocycles. The molecule has 106 valence electrons. The molecule has 0 N–H and O–H groups in total. The molecule has 0 fully saturated rings. The lowest BCUT2D eigenvalue weighted by Crippen LogP contribution is -2.05. The Morgan fingerprint density at radius 3 is 2.75 bits per heavy atom. The molecule has 2 aromatic rings. The van der Waals surface area contributed by atoms with E-state index in [1.807, 2.05) is 0 Å². The van der Waals surface area contributed by atoms with Crippen LogP contribution in [0.4, 0.5) is 8.78 Å². The zero-order valence-electron chi connectivity index (χ0n) is 11.2. The number of imidazole rings is 1. The van der Waals surface area contributed by atoms with Gasteiger partial charge in [0.2, 0.25) is 0 Å². The fourth-order valence-electron chi connectivity index (χ4n) is 1.81. The number of esters is 1. The van der Waals surface area contributed by atoms with Crippen molar-refractivity contribution in [1.82, 2.24) is 9.55 Å². The highest BCUT2D eigenvalue weighted by Crippen LogP contribution is 2.12. The van der Waals surface area contributed by atoms with Crippen molar-refractivity contribution in [2.24, 2.45) is 0 Å². The van der Waals surface area contributed by atoms with Gasteiger partial charge in [-0.25, -0.2) is 18.6 Å². The first-order valence-corrected chi connectivity index (χ1v) is 6.16. The van der Waals surface area contributed by atoms with E-state index in [-0.39, 0.29) is 12.3 Å². The van der Waals surface area contributed by atoms with Crippen molar-refractivity contribution in [1.29, 1.82) is 0 Å². The summed E-state index contributed by atoms with van der Waals surface area (Å²) in [5.41, 5.74) is 0.784. The van der Waals surface area contributed by atoms with Crippen LogP contribution in [0.25, 0.3) is 0 Å². The number of aromatic nitrogens is 2. The molecule has 0 unspecified atom stereocenters. The molecular weight excluding hydrogens is 266 g/mol. The van der Waals surface area contributed by atoms with Crippen LogP contribution in [0.5, 0.6) is 0 Å². The lowest BCUT2D eigenvalue weighted by atomic mass is 10.2. The van der Waals surface area contributed by atoms with Crippen molar-refractivity contribution >= 4 is 5.97 Å². The van der Waals surface area contributed by atoms with Gasteiger partial charge in [0.05, 0.1) is 6.61 Å². The zero-order chi connectivity index (χ0) is 14.7. The number of hydrogen-bond donors (Lipinski definition) is 0. The Morgan fingerprint density at radius 2 is 2.10 bits per heavy atom. The van der Waals surface area contributed by atoms with E-state index in [9.17, 15) is 13.6 Å². The smallest absolute Gasteiger partial charge is 0.358 e. The van der Waals surface area contributed by atoms with E-state index in [1.54, 1.807) is 18.4 Å². The largest absolute Gasteiger partial charge is 0.461 e. The van der Waals surface area contributed by atoms with Crippen molar-refractivity contribution in [3.05, 3.63) is 53.1 Å². The predicted octanol–water partition coefficient (Wildman–Crippen LogP) is 2.69. The van der Waals surface area contributed by atoms with Gasteiger partial charge in [-0.1, -0.05) is 6.07 Å². The van der Waals surface area contributed by atoms with Crippen molar-refractivity contribution in [2.75, 3.05) is 6.61 Å². The third-order valence-corrected chi connectivity index (χ3v) is 2.80. The molecule has 4 nitrogen and oxygen atoms in total. The molecule has 0 amide bonds. The van der Waals surface area contributed by atoms with E-state index in [2.05, 4.69) is 4.98 Å². The molecule has 1 aromatic carbocycles. The maximum absolute atomic E-state index is 13.1. The maximum atomic E-state index is 13.1. The van der Waals surface area contributed by atoms with Crippen LogP contribution in [0.15, 0.2) is 24.4 Å². The lowest BCUT2D eigenvalue weighted by molar-refractivity contribution is 0.0520. The molecule has 0 bridgehead atoms. The Bertz CT molecular complexity index is 638. The number of aryl methyl sites for hydroxylation is 1. The van der Waals surface area contributed by atoms with Crippen LogP contribution in [0.1, 0.15) is 28.8 Å². The summed E-state index contributed by atoms with van der Waals surface area (Å²) >= 11 is 0. The predicted molar refractivity (Wildman–Crippen MR) is 68.4 cm³/mol. The Kier molecular flexibility index (Phi) is 4.12. The second-order valence-electron chi connectivity index (χ2n) is 4.27. The number of halogens is 2. The van der Waals surface area contributed by atoms with Crippen molar-refractivity contribution in [3.63, 3.8) is 0 Å². The molecule has 0 aliphatic carbocycles. The van der Waals surface area contributed by atoms with E-state index in [4.69, 9.17) is 4.74 Å². The van der Waals surface area contributed by atoms with Crippen molar-refractivity contribution in [3.8, 4) is 0 Å². The van der Waals surface area contributed by atoms with Gasteiger partial charge in [0.25, 0.3) is 0 Å². The number of ether oxygens (including phenoxy) is 1. The highest BCUT2D eigenvalue weighted by molar-refractivity contribution is 5.87. The van der Waals surface area contributed by atoms with Gasteiger partial charge in [-0.05, 0) is 31.5 Å². The molecule has 6 heteroatoms.